The Morgan fingerprint density at radius 3 is 2.35 bits per heavy atom. The molecule has 0 fully saturated rings. The highest BCUT2D eigenvalue weighted by molar-refractivity contribution is 7.18. The van der Waals surface area contributed by atoms with Crippen LogP contribution in [0.15, 0.2) is 78.9 Å². The van der Waals surface area contributed by atoms with Crippen molar-refractivity contribution in [1.29, 1.82) is 0 Å². The summed E-state index contributed by atoms with van der Waals surface area (Å²) in [5, 5.41) is 12.9. The number of aromatic nitrogens is 2. The summed E-state index contributed by atoms with van der Waals surface area (Å²) >= 11 is 7.25. The fraction of sp³-hybridized carbons (Fsp3) is 0.0417. The minimum atomic E-state index is -0.263. The van der Waals surface area contributed by atoms with Gasteiger partial charge in [-0.1, -0.05) is 77.5 Å². The van der Waals surface area contributed by atoms with Crippen molar-refractivity contribution in [2.75, 3.05) is 12.4 Å². The molecule has 0 spiro atoms. The van der Waals surface area contributed by atoms with Crippen molar-refractivity contribution in [1.82, 2.24) is 10.2 Å². The molecule has 0 aliphatic heterocycles. The third kappa shape index (κ3) is 5.17. The van der Waals surface area contributed by atoms with E-state index < -0.39 is 0 Å². The van der Waals surface area contributed by atoms with Crippen molar-refractivity contribution in [2.45, 2.75) is 0 Å². The van der Waals surface area contributed by atoms with Crippen LogP contribution < -0.4 is 10.1 Å². The third-order valence-electron chi connectivity index (χ3n) is 4.49. The van der Waals surface area contributed by atoms with Crippen LogP contribution in [-0.4, -0.2) is 23.2 Å². The SMILES string of the molecule is COc1ccc(/C=C(/C(=O)Nc2nnc(-c3ccc(Cl)cc3)s2)c2ccccc2)cc1. The highest BCUT2D eigenvalue weighted by atomic mass is 35.5. The average molecular weight is 448 g/mol. The van der Waals surface area contributed by atoms with Crippen LogP contribution in [0, 0.1) is 0 Å². The normalized spacial score (nSPS) is 11.2. The standard InChI is InChI=1S/C24H18ClN3O2S/c1-30-20-13-7-16(8-14-20)15-21(17-5-3-2-4-6-17)22(29)26-24-28-27-23(31-24)18-9-11-19(25)12-10-18/h2-15H,1H3,(H,26,28,29)/b21-15+. The molecule has 3 aromatic carbocycles. The Labute approximate surface area is 189 Å². The summed E-state index contributed by atoms with van der Waals surface area (Å²) in [6, 6.07) is 24.3. The van der Waals surface area contributed by atoms with Crippen molar-refractivity contribution in [3.63, 3.8) is 0 Å². The van der Waals surface area contributed by atoms with Gasteiger partial charge in [0, 0.05) is 16.2 Å². The van der Waals surface area contributed by atoms with Gasteiger partial charge in [0.1, 0.15) is 10.8 Å². The molecule has 0 saturated heterocycles. The van der Waals surface area contributed by atoms with Gasteiger partial charge in [0.05, 0.1) is 7.11 Å². The molecule has 5 nitrogen and oxygen atoms in total. The third-order valence-corrected chi connectivity index (χ3v) is 5.63. The number of carbonyl (C=O) groups excluding carboxylic acids is 1. The zero-order valence-electron chi connectivity index (χ0n) is 16.6. The second-order valence-electron chi connectivity index (χ2n) is 6.57. The Hall–Kier alpha value is -3.48. The number of carbonyl (C=O) groups is 1. The molecule has 0 bridgehead atoms. The van der Waals surface area contributed by atoms with Crippen LogP contribution in [0.3, 0.4) is 0 Å². The summed E-state index contributed by atoms with van der Waals surface area (Å²) in [7, 11) is 1.62. The maximum absolute atomic E-state index is 13.1. The Bertz CT molecular complexity index is 1200. The summed E-state index contributed by atoms with van der Waals surface area (Å²) in [4.78, 5) is 13.1. The molecule has 154 valence electrons. The van der Waals surface area contributed by atoms with E-state index in [-0.39, 0.29) is 5.91 Å². The molecule has 1 aromatic heterocycles. The molecule has 4 aromatic rings. The zero-order valence-corrected chi connectivity index (χ0v) is 18.2. The topological polar surface area (TPSA) is 64.1 Å². The van der Waals surface area contributed by atoms with Crippen LogP contribution in [0.5, 0.6) is 5.75 Å². The van der Waals surface area contributed by atoms with Gasteiger partial charge in [-0.2, -0.15) is 0 Å². The monoisotopic (exact) mass is 447 g/mol. The Morgan fingerprint density at radius 2 is 1.68 bits per heavy atom. The highest BCUT2D eigenvalue weighted by Gasteiger charge is 2.15. The first-order chi connectivity index (χ1) is 15.1. The number of nitrogens with zero attached hydrogens (tertiary/aromatic N) is 2. The molecule has 0 atom stereocenters. The largest absolute Gasteiger partial charge is 0.497 e. The van der Waals surface area contributed by atoms with Crippen LogP contribution in [-0.2, 0) is 4.79 Å². The van der Waals surface area contributed by atoms with E-state index in [4.69, 9.17) is 16.3 Å². The Kier molecular flexibility index (Phi) is 6.40. The van der Waals surface area contributed by atoms with Gasteiger partial charge in [0.15, 0.2) is 0 Å². The molecular weight excluding hydrogens is 430 g/mol. The quantitative estimate of drug-likeness (QED) is 0.289. The molecule has 0 aliphatic rings. The Balaban J connectivity index is 1.60. The molecular formula is C24H18ClN3O2S. The van der Waals surface area contributed by atoms with E-state index in [0.717, 1.165) is 22.4 Å². The number of halogens is 1. The van der Waals surface area contributed by atoms with E-state index in [9.17, 15) is 4.79 Å². The van der Waals surface area contributed by atoms with Gasteiger partial charge < -0.3 is 4.74 Å². The van der Waals surface area contributed by atoms with Gasteiger partial charge >= 0.3 is 0 Å². The molecule has 1 N–H and O–H groups in total. The first kappa shape index (κ1) is 20.8. The van der Waals surface area contributed by atoms with Gasteiger partial charge in [-0.3, -0.25) is 10.1 Å². The number of anilines is 1. The molecule has 31 heavy (non-hydrogen) atoms. The Morgan fingerprint density at radius 1 is 0.968 bits per heavy atom. The van der Waals surface area contributed by atoms with Gasteiger partial charge in [-0.25, -0.2) is 0 Å². The van der Waals surface area contributed by atoms with Crippen LogP contribution in [0.1, 0.15) is 11.1 Å². The maximum atomic E-state index is 13.1. The molecule has 0 unspecified atom stereocenters. The van der Waals surface area contributed by atoms with Crippen molar-refractivity contribution >= 4 is 45.6 Å². The van der Waals surface area contributed by atoms with Crippen molar-refractivity contribution in [3.05, 3.63) is 95.0 Å². The summed E-state index contributed by atoms with van der Waals surface area (Å²) in [6.07, 6.45) is 1.84. The lowest BCUT2D eigenvalue weighted by Crippen LogP contribution is -2.13. The van der Waals surface area contributed by atoms with Crippen molar-refractivity contribution in [2.24, 2.45) is 0 Å². The van der Waals surface area contributed by atoms with Gasteiger partial charge in [0.2, 0.25) is 5.13 Å². The van der Waals surface area contributed by atoms with Gasteiger partial charge in [-0.05, 0) is 41.5 Å². The molecule has 1 amide bonds. The number of ether oxygens (including phenoxy) is 1. The van der Waals surface area contributed by atoms with Crippen LogP contribution >= 0.6 is 22.9 Å². The molecule has 0 radical (unpaired) electrons. The second kappa shape index (κ2) is 9.55. The first-order valence-electron chi connectivity index (χ1n) is 9.44. The summed E-state index contributed by atoms with van der Waals surface area (Å²) in [5.41, 5.74) is 3.10. The number of methoxy groups -OCH3 is 1. The number of hydrogen-bond donors (Lipinski definition) is 1. The summed E-state index contributed by atoms with van der Waals surface area (Å²) in [5.74, 6) is 0.493. The average Bonchev–Trinajstić information content (AvgIpc) is 3.27. The second-order valence-corrected chi connectivity index (χ2v) is 7.98. The first-order valence-corrected chi connectivity index (χ1v) is 10.6. The van der Waals surface area contributed by atoms with Crippen LogP contribution in [0.25, 0.3) is 22.2 Å². The van der Waals surface area contributed by atoms with Crippen LogP contribution in [0.2, 0.25) is 5.02 Å². The number of rotatable bonds is 6. The van der Waals surface area contributed by atoms with Gasteiger partial charge in [-0.15, -0.1) is 10.2 Å². The van der Waals surface area contributed by atoms with Crippen LogP contribution in [0.4, 0.5) is 5.13 Å². The lowest BCUT2D eigenvalue weighted by molar-refractivity contribution is -0.111. The predicted molar refractivity (Wildman–Crippen MR) is 126 cm³/mol. The minimum absolute atomic E-state index is 0.263. The molecule has 0 saturated carbocycles. The zero-order chi connectivity index (χ0) is 21.6. The number of amides is 1. The van der Waals surface area contributed by atoms with Crippen molar-refractivity contribution in [3.8, 4) is 16.3 Å². The summed E-state index contributed by atoms with van der Waals surface area (Å²) in [6.45, 7) is 0. The fourth-order valence-corrected chi connectivity index (χ4v) is 3.78. The highest BCUT2D eigenvalue weighted by Crippen LogP contribution is 2.28. The van der Waals surface area contributed by atoms with Crippen molar-refractivity contribution < 1.29 is 9.53 Å². The molecule has 0 aliphatic carbocycles. The lowest BCUT2D eigenvalue weighted by atomic mass is 10.0. The number of nitrogens with one attached hydrogen (secondary N) is 1. The maximum Gasteiger partial charge on any atom is 0.258 e. The minimum Gasteiger partial charge on any atom is -0.497 e. The van der Waals surface area contributed by atoms with E-state index >= 15 is 0 Å². The molecule has 4 rings (SSSR count). The molecule has 7 heteroatoms. The number of hydrogen-bond acceptors (Lipinski definition) is 5. The van der Waals surface area contributed by atoms with E-state index in [0.29, 0.717) is 20.7 Å². The van der Waals surface area contributed by atoms with E-state index in [2.05, 4.69) is 15.5 Å². The predicted octanol–water partition coefficient (Wildman–Crippen LogP) is 6.05. The van der Waals surface area contributed by atoms with E-state index in [1.54, 1.807) is 19.2 Å². The lowest BCUT2D eigenvalue weighted by Gasteiger charge is -2.08. The summed E-state index contributed by atoms with van der Waals surface area (Å²) < 4.78 is 5.21. The number of benzene rings is 3. The smallest absolute Gasteiger partial charge is 0.258 e. The van der Waals surface area contributed by atoms with Gasteiger partial charge in [0.25, 0.3) is 5.91 Å². The van der Waals surface area contributed by atoms with E-state index in [1.165, 1.54) is 11.3 Å². The fourth-order valence-electron chi connectivity index (χ4n) is 2.91. The van der Waals surface area contributed by atoms with E-state index in [1.807, 2.05) is 72.8 Å². The molecule has 1 heterocycles.